The lowest BCUT2D eigenvalue weighted by Crippen LogP contribution is -2.26. The summed E-state index contributed by atoms with van der Waals surface area (Å²) in [4.78, 5) is 13.0. The Morgan fingerprint density at radius 2 is 2.23 bits per heavy atom. The van der Waals surface area contributed by atoms with Gasteiger partial charge in [-0.05, 0) is 55.5 Å². The molecule has 0 bridgehead atoms. The predicted molar refractivity (Wildman–Crippen MR) is 91.8 cm³/mol. The highest BCUT2D eigenvalue weighted by atomic mass is 35.5. The van der Waals surface area contributed by atoms with Gasteiger partial charge in [-0.2, -0.15) is 0 Å². The van der Waals surface area contributed by atoms with Crippen molar-refractivity contribution in [1.29, 1.82) is 0 Å². The molecule has 0 fully saturated rings. The number of hydrogen-bond acceptors (Lipinski definition) is 3. The van der Waals surface area contributed by atoms with Crippen molar-refractivity contribution in [2.24, 2.45) is 0 Å². The molecule has 1 atom stereocenters. The normalized spacial score (nSPS) is 12.0. The van der Waals surface area contributed by atoms with Crippen molar-refractivity contribution in [3.63, 3.8) is 0 Å². The predicted octanol–water partition coefficient (Wildman–Crippen LogP) is 4.75. The number of hydrogen-bond donors (Lipinski definition) is 1. The van der Waals surface area contributed by atoms with Gasteiger partial charge in [0.15, 0.2) is 0 Å². The summed E-state index contributed by atoms with van der Waals surface area (Å²) in [5, 5.41) is 5.74. The van der Waals surface area contributed by atoms with Crippen LogP contribution in [0.25, 0.3) is 0 Å². The summed E-state index contributed by atoms with van der Waals surface area (Å²) in [6, 6.07) is 9.65. The molecule has 2 rings (SSSR count). The van der Waals surface area contributed by atoms with Gasteiger partial charge >= 0.3 is 0 Å². The van der Waals surface area contributed by atoms with Crippen molar-refractivity contribution < 1.29 is 9.53 Å². The summed E-state index contributed by atoms with van der Waals surface area (Å²) in [5.41, 5.74) is 0.988. The van der Waals surface area contributed by atoms with E-state index in [0.29, 0.717) is 19.4 Å². The van der Waals surface area contributed by atoms with E-state index in [1.807, 2.05) is 49.6 Å². The maximum Gasteiger partial charge on any atom is 0.220 e. The molecule has 3 nitrogen and oxygen atoms in total. The smallest absolute Gasteiger partial charge is 0.220 e. The molecule has 1 heterocycles. The largest absolute Gasteiger partial charge is 0.494 e. The maximum absolute atomic E-state index is 11.9. The monoisotopic (exact) mass is 337 g/mol. The van der Waals surface area contributed by atoms with E-state index >= 15 is 0 Å². The average molecular weight is 338 g/mol. The Morgan fingerprint density at radius 3 is 2.91 bits per heavy atom. The lowest BCUT2D eigenvalue weighted by molar-refractivity contribution is -0.121. The van der Waals surface area contributed by atoms with Crippen molar-refractivity contribution in [2.75, 3.05) is 6.61 Å². The summed E-state index contributed by atoms with van der Waals surface area (Å²) in [6.07, 6.45) is 1.15. The molecule has 0 unspecified atom stereocenters. The Morgan fingerprint density at radius 1 is 1.41 bits per heavy atom. The fourth-order valence-electron chi connectivity index (χ4n) is 2.05. The van der Waals surface area contributed by atoms with E-state index in [-0.39, 0.29) is 11.9 Å². The first kappa shape index (κ1) is 16.8. The van der Waals surface area contributed by atoms with E-state index in [2.05, 4.69) is 5.32 Å². The minimum absolute atomic E-state index is 0.0526. The molecule has 5 heteroatoms. The van der Waals surface area contributed by atoms with Gasteiger partial charge in [0.25, 0.3) is 0 Å². The van der Waals surface area contributed by atoms with Crippen LogP contribution in [0.2, 0.25) is 5.02 Å². The SMILES string of the molecule is Cc1cc(OCCCC(=O)N[C@H](C)c2cccs2)ccc1Cl. The number of aryl methyl sites for hydroxylation is 1. The molecule has 0 aliphatic carbocycles. The molecule has 2 aromatic rings. The van der Waals surface area contributed by atoms with Crippen molar-refractivity contribution in [2.45, 2.75) is 32.7 Å². The van der Waals surface area contributed by atoms with Crippen LogP contribution in [0.3, 0.4) is 0 Å². The third-order valence-corrected chi connectivity index (χ3v) is 4.77. The summed E-state index contributed by atoms with van der Waals surface area (Å²) in [7, 11) is 0. The summed E-state index contributed by atoms with van der Waals surface area (Å²) >= 11 is 7.62. The van der Waals surface area contributed by atoms with Gasteiger partial charge in [-0.25, -0.2) is 0 Å². The van der Waals surface area contributed by atoms with Gasteiger partial charge in [0.2, 0.25) is 5.91 Å². The number of nitrogens with one attached hydrogen (secondary N) is 1. The highest BCUT2D eigenvalue weighted by Gasteiger charge is 2.10. The molecular weight excluding hydrogens is 318 g/mol. The van der Waals surface area contributed by atoms with Crippen molar-refractivity contribution in [3.05, 3.63) is 51.2 Å². The van der Waals surface area contributed by atoms with Crippen LogP contribution in [-0.2, 0) is 4.79 Å². The van der Waals surface area contributed by atoms with Crippen molar-refractivity contribution >= 4 is 28.8 Å². The van der Waals surface area contributed by atoms with Crippen LogP contribution in [0.1, 0.15) is 36.2 Å². The number of ether oxygens (including phenoxy) is 1. The standard InChI is InChI=1S/C17H20ClNO2S/c1-12-11-14(7-8-15(12)18)21-9-3-6-17(20)19-13(2)16-5-4-10-22-16/h4-5,7-8,10-11,13H,3,6,9H2,1-2H3,(H,19,20)/t13-/m1/s1. The van der Waals surface area contributed by atoms with Crippen LogP contribution >= 0.6 is 22.9 Å². The molecule has 0 aliphatic rings. The zero-order valence-corrected chi connectivity index (χ0v) is 14.3. The topological polar surface area (TPSA) is 38.3 Å². The molecule has 0 radical (unpaired) electrons. The molecule has 0 saturated carbocycles. The average Bonchev–Trinajstić information content (AvgIpc) is 3.01. The Labute approximate surface area is 140 Å². The molecule has 1 N–H and O–H groups in total. The van der Waals surface area contributed by atoms with E-state index in [9.17, 15) is 4.79 Å². The number of benzene rings is 1. The zero-order chi connectivity index (χ0) is 15.9. The molecule has 22 heavy (non-hydrogen) atoms. The van der Waals surface area contributed by atoms with Crippen LogP contribution in [0.4, 0.5) is 0 Å². The van der Waals surface area contributed by atoms with Gasteiger partial charge in [0.1, 0.15) is 5.75 Å². The first-order valence-electron chi connectivity index (χ1n) is 7.28. The number of rotatable bonds is 7. The first-order valence-corrected chi connectivity index (χ1v) is 8.53. The van der Waals surface area contributed by atoms with Gasteiger partial charge in [0.05, 0.1) is 12.6 Å². The Hall–Kier alpha value is -1.52. The van der Waals surface area contributed by atoms with E-state index in [1.165, 1.54) is 4.88 Å². The Bertz CT molecular complexity index is 613. The van der Waals surface area contributed by atoms with Crippen molar-refractivity contribution in [3.8, 4) is 5.75 Å². The highest BCUT2D eigenvalue weighted by molar-refractivity contribution is 7.10. The fourth-order valence-corrected chi connectivity index (χ4v) is 2.90. The van der Waals surface area contributed by atoms with E-state index in [4.69, 9.17) is 16.3 Å². The molecule has 1 amide bonds. The van der Waals surface area contributed by atoms with E-state index < -0.39 is 0 Å². The van der Waals surface area contributed by atoms with Gasteiger partial charge < -0.3 is 10.1 Å². The maximum atomic E-state index is 11.9. The van der Waals surface area contributed by atoms with Crippen LogP contribution in [0.15, 0.2) is 35.7 Å². The number of thiophene rings is 1. The second-order valence-corrected chi connectivity index (χ2v) is 6.55. The Balaban J connectivity index is 1.67. The van der Waals surface area contributed by atoms with Crippen LogP contribution in [0.5, 0.6) is 5.75 Å². The summed E-state index contributed by atoms with van der Waals surface area (Å²) < 4.78 is 5.63. The third-order valence-electron chi connectivity index (χ3n) is 3.29. The molecular formula is C17H20ClNO2S. The molecule has 1 aromatic carbocycles. The lowest BCUT2D eigenvalue weighted by atomic mass is 10.2. The minimum Gasteiger partial charge on any atom is -0.494 e. The molecule has 118 valence electrons. The second kappa shape index (κ2) is 8.20. The first-order chi connectivity index (χ1) is 10.6. The Kier molecular flexibility index (Phi) is 6.28. The van der Waals surface area contributed by atoms with Gasteiger partial charge in [-0.3, -0.25) is 4.79 Å². The fraction of sp³-hybridized carbons (Fsp3) is 0.353. The molecule has 0 spiro atoms. The number of carbonyl (C=O) groups excluding carboxylic acids is 1. The van der Waals surface area contributed by atoms with Crippen molar-refractivity contribution in [1.82, 2.24) is 5.32 Å². The highest BCUT2D eigenvalue weighted by Crippen LogP contribution is 2.21. The number of amides is 1. The van der Waals surface area contributed by atoms with Crippen LogP contribution in [-0.4, -0.2) is 12.5 Å². The van der Waals surface area contributed by atoms with E-state index in [0.717, 1.165) is 16.3 Å². The minimum atomic E-state index is 0.0526. The third kappa shape index (κ3) is 5.04. The lowest BCUT2D eigenvalue weighted by Gasteiger charge is -2.12. The summed E-state index contributed by atoms with van der Waals surface area (Å²) in [5.74, 6) is 0.839. The summed E-state index contributed by atoms with van der Waals surface area (Å²) in [6.45, 7) is 4.45. The van der Waals surface area contributed by atoms with E-state index in [1.54, 1.807) is 11.3 Å². The van der Waals surface area contributed by atoms with Crippen LogP contribution in [0, 0.1) is 6.92 Å². The quantitative estimate of drug-likeness (QED) is 0.741. The van der Waals surface area contributed by atoms with Gasteiger partial charge in [0, 0.05) is 16.3 Å². The molecule has 1 aromatic heterocycles. The second-order valence-electron chi connectivity index (χ2n) is 5.17. The number of carbonyl (C=O) groups is 1. The number of halogens is 1. The van der Waals surface area contributed by atoms with Gasteiger partial charge in [-0.15, -0.1) is 11.3 Å². The molecule has 0 saturated heterocycles. The van der Waals surface area contributed by atoms with Crippen LogP contribution < -0.4 is 10.1 Å². The van der Waals surface area contributed by atoms with Gasteiger partial charge in [-0.1, -0.05) is 17.7 Å². The molecule has 0 aliphatic heterocycles. The zero-order valence-electron chi connectivity index (χ0n) is 12.8.